The predicted molar refractivity (Wildman–Crippen MR) is 95.9 cm³/mol. The first-order chi connectivity index (χ1) is 11.2. The Morgan fingerprint density at radius 1 is 1.26 bits per heavy atom. The zero-order valence-electron chi connectivity index (χ0n) is 14.7. The maximum absolute atomic E-state index is 5.46. The van der Waals surface area contributed by atoms with Crippen molar-refractivity contribution in [2.24, 2.45) is 11.8 Å². The molecular formula is C18H31N3OS. The van der Waals surface area contributed by atoms with E-state index in [4.69, 9.17) is 4.74 Å². The van der Waals surface area contributed by atoms with Crippen LogP contribution in [0.1, 0.15) is 36.6 Å². The summed E-state index contributed by atoms with van der Waals surface area (Å²) >= 11 is 1.91. The molecule has 1 atom stereocenters. The highest BCUT2D eigenvalue weighted by molar-refractivity contribution is 7.11. The molecule has 5 heteroatoms. The molecule has 0 amide bonds. The minimum Gasteiger partial charge on any atom is -0.379 e. The first-order valence-electron chi connectivity index (χ1n) is 9.15. The van der Waals surface area contributed by atoms with E-state index >= 15 is 0 Å². The van der Waals surface area contributed by atoms with E-state index in [1.54, 1.807) is 0 Å². The Kier molecular flexibility index (Phi) is 6.45. The van der Waals surface area contributed by atoms with Crippen LogP contribution in [0.25, 0.3) is 0 Å². The van der Waals surface area contributed by atoms with Gasteiger partial charge in [-0.3, -0.25) is 9.80 Å². The molecule has 3 heterocycles. The summed E-state index contributed by atoms with van der Waals surface area (Å²) in [5.74, 6) is 1.52. The largest absolute Gasteiger partial charge is 0.379 e. The number of piperidine rings is 1. The molecule has 2 saturated heterocycles. The molecule has 1 aromatic heterocycles. The highest BCUT2D eigenvalue weighted by atomic mass is 32.1. The molecule has 0 radical (unpaired) electrons. The lowest BCUT2D eigenvalue weighted by molar-refractivity contribution is 0.0225. The van der Waals surface area contributed by atoms with Crippen LogP contribution < -0.4 is 0 Å². The Labute approximate surface area is 144 Å². The number of nitrogens with zero attached hydrogens (tertiary/aromatic N) is 3. The van der Waals surface area contributed by atoms with Gasteiger partial charge in [-0.05, 0) is 31.2 Å². The van der Waals surface area contributed by atoms with Crippen LogP contribution in [0.15, 0.2) is 6.20 Å². The third-order valence-electron chi connectivity index (χ3n) is 4.79. The molecular weight excluding hydrogens is 306 g/mol. The molecule has 2 aliphatic rings. The number of hydrogen-bond donors (Lipinski definition) is 0. The summed E-state index contributed by atoms with van der Waals surface area (Å²) in [7, 11) is 0. The van der Waals surface area contributed by atoms with Gasteiger partial charge in [0.15, 0.2) is 0 Å². The molecule has 0 N–H and O–H groups in total. The third-order valence-corrected chi connectivity index (χ3v) is 5.79. The van der Waals surface area contributed by atoms with Crippen molar-refractivity contribution in [3.8, 4) is 0 Å². The second-order valence-electron chi connectivity index (χ2n) is 7.47. The van der Waals surface area contributed by atoms with Gasteiger partial charge in [-0.2, -0.15) is 0 Å². The van der Waals surface area contributed by atoms with Crippen LogP contribution in [-0.2, 0) is 17.7 Å². The Hall–Kier alpha value is -0.490. The van der Waals surface area contributed by atoms with Crippen molar-refractivity contribution in [3.05, 3.63) is 16.1 Å². The van der Waals surface area contributed by atoms with Crippen LogP contribution in [0.5, 0.6) is 0 Å². The van der Waals surface area contributed by atoms with E-state index in [1.165, 1.54) is 42.4 Å². The lowest BCUT2D eigenvalue weighted by atomic mass is 9.97. The Bertz CT molecular complexity index is 471. The first kappa shape index (κ1) is 17.3. The average molecular weight is 338 g/mol. The van der Waals surface area contributed by atoms with Crippen LogP contribution in [0, 0.1) is 11.8 Å². The molecule has 0 unspecified atom stereocenters. The fourth-order valence-corrected chi connectivity index (χ4v) is 4.86. The smallest absolute Gasteiger partial charge is 0.0930 e. The molecule has 0 aliphatic carbocycles. The number of hydrogen-bond acceptors (Lipinski definition) is 5. The Morgan fingerprint density at radius 3 is 2.87 bits per heavy atom. The summed E-state index contributed by atoms with van der Waals surface area (Å²) in [5, 5.41) is 1.30. The van der Waals surface area contributed by atoms with Crippen molar-refractivity contribution >= 4 is 11.3 Å². The Balaban J connectivity index is 1.47. The maximum Gasteiger partial charge on any atom is 0.0930 e. The van der Waals surface area contributed by atoms with Crippen molar-refractivity contribution in [2.45, 2.75) is 39.7 Å². The van der Waals surface area contributed by atoms with Gasteiger partial charge in [0, 0.05) is 50.2 Å². The van der Waals surface area contributed by atoms with Crippen molar-refractivity contribution in [2.75, 3.05) is 45.9 Å². The zero-order chi connectivity index (χ0) is 16.1. The zero-order valence-corrected chi connectivity index (χ0v) is 15.5. The van der Waals surface area contributed by atoms with E-state index in [0.717, 1.165) is 45.2 Å². The number of rotatable bonds is 6. The summed E-state index contributed by atoms with van der Waals surface area (Å²) in [5.41, 5.74) is 0. The quantitative estimate of drug-likeness (QED) is 0.798. The summed E-state index contributed by atoms with van der Waals surface area (Å²) < 4.78 is 5.46. The van der Waals surface area contributed by atoms with E-state index in [2.05, 4.69) is 34.8 Å². The van der Waals surface area contributed by atoms with Crippen molar-refractivity contribution in [1.82, 2.24) is 14.8 Å². The molecule has 4 nitrogen and oxygen atoms in total. The monoisotopic (exact) mass is 337 g/mol. The van der Waals surface area contributed by atoms with Crippen molar-refractivity contribution < 1.29 is 4.74 Å². The van der Waals surface area contributed by atoms with Gasteiger partial charge in [-0.1, -0.05) is 13.8 Å². The number of likely N-dealkylation sites (tertiary alicyclic amines) is 1. The molecule has 0 aromatic carbocycles. The summed E-state index contributed by atoms with van der Waals surface area (Å²) in [6.45, 7) is 13.4. The molecule has 1 aromatic rings. The van der Waals surface area contributed by atoms with Crippen LogP contribution in [0.2, 0.25) is 0 Å². The summed E-state index contributed by atoms with van der Waals surface area (Å²) in [6.07, 6.45) is 5.94. The van der Waals surface area contributed by atoms with E-state index in [0.29, 0.717) is 5.92 Å². The molecule has 0 spiro atoms. The van der Waals surface area contributed by atoms with Gasteiger partial charge in [0.05, 0.1) is 18.2 Å². The van der Waals surface area contributed by atoms with Gasteiger partial charge >= 0.3 is 0 Å². The number of ether oxygens (including phenoxy) is 1. The standard InChI is InChI=1S/C18H31N3OS/c1-15(2)10-18-19-11-17(23-18)14-21-5-3-4-16(13-21)12-20-6-8-22-9-7-20/h11,15-16H,3-10,12-14H2,1-2H3/t16-/m0/s1. The fourth-order valence-electron chi connectivity index (χ4n) is 3.68. The van der Waals surface area contributed by atoms with Gasteiger partial charge in [-0.25, -0.2) is 4.98 Å². The minimum atomic E-state index is 0.696. The molecule has 130 valence electrons. The van der Waals surface area contributed by atoms with Gasteiger partial charge < -0.3 is 4.74 Å². The predicted octanol–water partition coefficient (Wildman–Crippen LogP) is 2.89. The number of morpholine rings is 1. The SMILES string of the molecule is CC(C)Cc1ncc(CN2CCC[C@@H](CN3CCOCC3)C2)s1. The van der Waals surface area contributed by atoms with Gasteiger partial charge in [0.25, 0.3) is 0 Å². The maximum atomic E-state index is 5.46. The second kappa shape index (κ2) is 8.56. The number of aromatic nitrogens is 1. The van der Waals surface area contributed by atoms with Crippen LogP contribution >= 0.6 is 11.3 Å². The normalized spacial score (nSPS) is 24.4. The first-order valence-corrected chi connectivity index (χ1v) is 9.96. The molecule has 2 aliphatic heterocycles. The minimum absolute atomic E-state index is 0.696. The lowest BCUT2D eigenvalue weighted by Crippen LogP contribution is -2.44. The molecule has 2 fully saturated rings. The fraction of sp³-hybridized carbons (Fsp3) is 0.833. The van der Waals surface area contributed by atoms with Crippen LogP contribution in [0.4, 0.5) is 0 Å². The summed E-state index contributed by atoms with van der Waals surface area (Å²) in [4.78, 5) is 11.3. The van der Waals surface area contributed by atoms with E-state index in [1.807, 2.05) is 11.3 Å². The molecule has 23 heavy (non-hydrogen) atoms. The molecule has 0 bridgehead atoms. The van der Waals surface area contributed by atoms with Crippen molar-refractivity contribution in [3.63, 3.8) is 0 Å². The van der Waals surface area contributed by atoms with Gasteiger partial charge in [0.1, 0.15) is 0 Å². The van der Waals surface area contributed by atoms with Gasteiger partial charge in [0.2, 0.25) is 0 Å². The third kappa shape index (κ3) is 5.52. The topological polar surface area (TPSA) is 28.6 Å². The average Bonchev–Trinajstić information content (AvgIpc) is 2.95. The molecule has 3 rings (SSSR count). The van der Waals surface area contributed by atoms with E-state index < -0.39 is 0 Å². The highest BCUT2D eigenvalue weighted by Gasteiger charge is 2.23. The summed E-state index contributed by atoms with van der Waals surface area (Å²) in [6, 6.07) is 0. The Morgan fingerprint density at radius 2 is 2.09 bits per heavy atom. The van der Waals surface area contributed by atoms with Crippen LogP contribution in [0.3, 0.4) is 0 Å². The highest BCUT2D eigenvalue weighted by Crippen LogP contribution is 2.23. The molecule has 0 saturated carbocycles. The van der Waals surface area contributed by atoms with E-state index in [9.17, 15) is 0 Å². The van der Waals surface area contributed by atoms with Crippen LogP contribution in [-0.4, -0.2) is 60.7 Å². The van der Waals surface area contributed by atoms with Gasteiger partial charge in [-0.15, -0.1) is 11.3 Å². The van der Waals surface area contributed by atoms with Crippen molar-refractivity contribution in [1.29, 1.82) is 0 Å². The van der Waals surface area contributed by atoms with E-state index in [-0.39, 0.29) is 0 Å². The lowest BCUT2D eigenvalue weighted by Gasteiger charge is -2.36. The second-order valence-corrected chi connectivity index (χ2v) is 8.67. The number of thiazole rings is 1.